The van der Waals surface area contributed by atoms with Gasteiger partial charge in [-0.15, -0.1) is 0 Å². The Morgan fingerprint density at radius 3 is 2.58 bits per heavy atom. The topological polar surface area (TPSA) is 102 Å². The van der Waals surface area contributed by atoms with Gasteiger partial charge in [-0.1, -0.05) is 62.4 Å². The van der Waals surface area contributed by atoms with Crippen LogP contribution in [0.4, 0.5) is 0 Å². The van der Waals surface area contributed by atoms with Crippen LogP contribution in [0.2, 0.25) is 5.02 Å². The number of hydrogen-bond donors (Lipinski definition) is 2. The maximum atomic E-state index is 12.6. The zero-order valence-corrected chi connectivity index (χ0v) is 20.6. The lowest BCUT2D eigenvalue weighted by molar-refractivity contribution is 0.0914. The lowest BCUT2D eigenvalue weighted by atomic mass is 10.1. The first-order valence-electron chi connectivity index (χ1n) is 11.3. The molecule has 0 aliphatic heterocycles. The summed E-state index contributed by atoms with van der Waals surface area (Å²) in [6, 6.07) is 6.88. The fourth-order valence-electron chi connectivity index (χ4n) is 3.53. The number of nitrogens with zero attached hydrogens (tertiary/aromatic N) is 3. The number of nitrogens with one attached hydrogen (secondary N) is 1. The zero-order valence-electron chi connectivity index (χ0n) is 19.1. The second kappa shape index (κ2) is 12.3. The van der Waals surface area contributed by atoms with E-state index in [1.807, 2.05) is 0 Å². The standard InChI is InChI=1S/C23H31ClN4O4S/c1-3-4-5-6-7-8-13-33-23-25-20-19(21(30)26-22(31)27(20)2)28(23)14-17(29)15-32-18-11-9-16(24)10-12-18/h9-12,17,29H,3-8,13-15H2,1-2H3,(H,26,30,31). The highest BCUT2D eigenvalue weighted by molar-refractivity contribution is 7.99. The zero-order chi connectivity index (χ0) is 23.8. The minimum atomic E-state index is -0.886. The van der Waals surface area contributed by atoms with Crippen molar-refractivity contribution >= 4 is 34.5 Å². The first-order chi connectivity index (χ1) is 15.9. The minimum absolute atomic E-state index is 0.0342. The second-order valence-electron chi connectivity index (χ2n) is 8.03. The molecule has 2 heterocycles. The summed E-state index contributed by atoms with van der Waals surface area (Å²) in [6.07, 6.45) is 6.23. The van der Waals surface area contributed by atoms with Gasteiger partial charge >= 0.3 is 5.69 Å². The van der Waals surface area contributed by atoms with Crippen LogP contribution >= 0.6 is 23.4 Å². The maximum absolute atomic E-state index is 12.6. The molecule has 1 unspecified atom stereocenters. The molecule has 0 fully saturated rings. The Labute approximate surface area is 201 Å². The van der Waals surface area contributed by atoms with Gasteiger partial charge in [-0.25, -0.2) is 9.78 Å². The van der Waals surface area contributed by atoms with Crippen LogP contribution in [-0.2, 0) is 13.6 Å². The third-order valence-electron chi connectivity index (χ3n) is 5.35. The van der Waals surface area contributed by atoms with E-state index in [4.69, 9.17) is 16.3 Å². The molecule has 8 nitrogen and oxygen atoms in total. The van der Waals surface area contributed by atoms with Crippen molar-refractivity contribution in [3.63, 3.8) is 0 Å². The summed E-state index contributed by atoms with van der Waals surface area (Å²) < 4.78 is 8.66. The van der Waals surface area contributed by atoms with E-state index in [-0.39, 0.29) is 18.7 Å². The number of aromatic nitrogens is 4. The predicted molar refractivity (Wildman–Crippen MR) is 133 cm³/mol. The lowest BCUT2D eigenvalue weighted by Gasteiger charge is -2.15. The monoisotopic (exact) mass is 494 g/mol. The molecule has 0 aliphatic carbocycles. The Morgan fingerprint density at radius 2 is 1.85 bits per heavy atom. The Kier molecular flexibility index (Phi) is 9.46. The van der Waals surface area contributed by atoms with Gasteiger partial charge in [0, 0.05) is 17.8 Å². The Morgan fingerprint density at radius 1 is 1.15 bits per heavy atom. The van der Waals surface area contributed by atoms with Crippen molar-refractivity contribution < 1.29 is 9.84 Å². The van der Waals surface area contributed by atoms with Crippen LogP contribution in [0, 0.1) is 0 Å². The molecule has 0 saturated carbocycles. The molecule has 0 spiro atoms. The van der Waals surface area contributed by atoms with Crippen LogP contribution in [0.5, 0.6) is 5.75 Å². The summed E-state index contributed by atoms with van der Waals surface area (Å²) in [6.45, 7) is 2.35. The quantitative estimate of drug-likeness (QED) is 0.275. The number of benzene rings is 1. The van der Waals surface area contributed by atoms with Crippen LogP contribution in [0.15, 0.2) is 39.0 Å². The number of aliphatic hydroxyl groups excluding tert-OH is 1. The largest absolute Gasteiger partial charge is 0.491 e. The molecule has 1 atom stereocenters. The van der Waals surface area contributed by atoms with Crippen LogP contribution < -0.4 is 16.0 Å². The molecular weight excluding hydrogens is 464 g/mol. The fraction of sp³-hybridized carbons (Fsp3) is 0.522. The van der Waals surface area contributed by atoms with Gasteiger partial charge in [-0.05, 0) is 30.7 Å². The lowest BCUT2D eigenvalue weighted by Crippen LogP contribution is -2.30. The number of aliphatic hydroxyl groups is 1. The summed E-state index contributed by atoms with van der Waals surface area (Å²) in [4.78, 5) is 31.5. The van der Waals surface area contributed by atoms with E-state index in [0.717, 1.165) is 18.6 Å². The number of thioether (sulfide) groups is 1. The number of aromatic amines is 1. The van der Waals surface area contributed by atoms with Gasteiger partial charge in [0.25, 0.3) is 5.56 Å². The van der Waals surface area contributed by atoms with Gasteiger partial charge in [-0.3, -0.25) is 14.3 Å². The van der Waals surface area contributed by atoms with Gasteiger partial charge in [-0.2, -0.15) is 0 Å². The molecule has 10 heteroatoms. The number of unbranched alkanes of at least 4 members (excludes halogenated alkanes) is 5. The molecule has 3 aromatic rings. The minimum Gasteiger partial charge on any atom is -0.491 e. The molecule has 33 heavy (non-hydrogen) atoms. The van der Waals surface area contributed by atoms with Crippen molar-refractivity contribution in [1.29, 1.82) is 0 Å². The molecule has 0 saturated heterocycles. The predicted octanol–water partition coefficient (Wildman–Crippen LogP) is 3.97. The Balaban J connectivity index is 1.73. The SMILES string of the molecule is CCCCCCCCSc1nc2c(c(=O)[nH]c(=O)n2C)n1CC(O)COc1ccc(Cl)cc1. The molecule has 2 aromatic heterocycles. The van der Waals surface area contributed by atoms with E-state index in [0.29, 0.717) is 21.6 Å². The van der Waals surface area contributed by atoms with Gasteiger partial charge in [0.15, 0.2) is 16.3 Å². The van der Waals surface area contributed by atoms with Gasteiger partial charge in [0.1, 0.15) is 18.5 Å². The van der Waals surface area contributed by atoms with Crippen LogP contribution in [-0.4, -0.2) is 42.7 Å². The number of aryl methyl sites for hydroxylation is 1. The van der Waals surface area contributed by atoms with E-state index in [1.54, 1.807) is 35.9 Å². The first-order valence-corrected chi connectivity index (χ1v) is 12.7. The summed E-state index contributed by atoms with van der Waals surface area (Å²) >= 11 is 7.43. The fourth-order valence-corrected chi connectivity index (χ4v) is 4.66. The molecular formula is C23H31ClN4O4S. The average Bonchev–Trinajstić information content (AvgIpc) is 3.15. The van der Waals surface area contributed by atoms with E-state index < -0.39 is 17.4 Å². The molecule has 2 N–H and O–H groups in total. The number of H-pyrrole nitrogens is 1. The van der Waals surface area contributed by atoms with Gasteiger partial charge in [0.05, 0.1) is 6.54 Å². The number of hydrogen-bond acceptors (Lipinski definition) is 6. The summed E-state index contributed by atoms with van der Waals surface area (Å²) in [7, 11) is 1.57. The summed E-state index contributed by atoms with van der Waals surface area (Å²) in [5, 5.41) is 11.8. The van der Waals surface area contributed by atoms with Gasteiger partial charge in [0.2, 0.25) is 0 Å². The number of ether oxygens (including phenoxy) is 1. The highest BCUT2D eigenvalue weighted by Gasteiger charge is 2.20. The molecule has 1 aromatic carbocycles. The van der Waals surface area contributed by atoms with Crippen LogP contribution in [0.3, 0.4) is 0 Å². The van der Waals surface area contributed by atoms with Crippen molar-refractivity contribution in [2.24, 2.45) is 7.05 Å². The van der Waals surface area contributed by atoms with Crippen molar-refractivity contribution in [2.45, 2.75) is 63.3 Å². The maximum Gasteiger partial charge on any atom is 0.329 e. The van der Waals surface area contributed by atoms with Crippen molar-refractivity contribution in [1.82, 2.24) is 19.1 Å². The Hall–Kier alpha value is -2.23. The van der Waals surface area contributed by atoms with Crippen molar-refractivity contribution in [3.05, 3.63) is 50.1 Å². The molecule has 0 bridgehead atoms. The third-order valence-corrected chi connectivity index (χ3v) is 6.67. The average molecular weight is 495 g/mol. The number of fused-ring (bicyclic) bond motifs is 1. The van der Waals surface area contributed by atoms with E-state index in [9.17, 15) is 14.7 Å². The molecule has 0 aliphatic rings. The second-order valence-corrected chi connectivity index (χ2v) is 9.53. The smallest absolute Gasteiger partial charge is 0.329 e. The number of halogens is 1. The third kappa shape index (κ3) is 6.88. The summed E-state index contributed by atoms with van der Waals surface area (Å²) in [5.41, 5.74) is -0.456. The van der Waals surface area contributed by atoms with Gasteiger partial charge < -0.3 is 14.4 Å². The number of imidazole rings is 1. The van der Waals surface area contributed by atoms with Crippen molar-refractivity contribution in [2.75, 3.05) is 12.4 Å². The van der Waals surface area contributed by atoms with E-state index in [2.05, 4.69) is 16.9 Å². The molecule has 0 radical (unpaired) electrons. The number of rotatable bonds is 13. The summed E-state index contributed by atoms with van der Waals surface area (Å²) in [5.74, 6) is 1.44. The Bertz CT molecular complexity index is 1160. The highest BCUT2D eigenvalue weighted by atomic mass is 35.5. The van der Waals surface area contributed by atoms with E-state index in [1.165, 1.54) is 42.0 Å². The van der Waals surface area contributed by atoms with Crippen LogP contribution in [0.1, 0.15) is 45.4 Å². The first kappa shape index (κ1) is 25.4. The molecule has 0 amide bonds. The molecule has 3 rings (SSSR count). The van der Waals surface area contributed by atoms with Crippen molar-refractivity contribution in [3.8, 4) is 5.75 Å². The van der Waals surface area contributed by atoms with E-state index >= 15 is 0 Å². The highest BCUT2D eigenvalue weighted by Crippen LogP contribution is 2.24. The van der Waals surface area contributed by atoms with Crippen LogP contribution in [0.25, 0.3) is 11.2 Å². The normalized spacial score (nSPS) is 12.4. The molecule has 180 valence electrons.